The molecule has 31 heavy (non-hydrogen) atoms. The molecular formula is C25H25N3O2S. The van der Waals surface area contributed by atoms with Gasteiger partial charge in [-0.25, -0.2) is 13.1 Å². The molecule has 1 N–H and O–H groups in total. The molecule has 0 atom stereocenters. The first kappa shape index (κ1) is 21.0. The van der Waals surface area contributed by atoms with Crippen LogP contribution in [0.25, 0.3) is 11.3 Å². The topological polar surface area (TPSA) is 64.0 Å². The minimum atomic E-state index is -3.63. The molecule has 1 heterocycles. The number of rotatable bonds is 7. The lowest BCUT2D eigenvalue weighted by Crippen LogP contribution is -2.23. The van der Waals surface area contributed by atoms with Gasteiger partial charge in [-0.15, -0.1) is 0 Å². The highest BCUT2D eigenvalue weighted by Gasteiger charge is 2.18. The van der Waals surface area contributed by atoms with Crippen LogP contribution in [0.3, 0.4) is 0 Å². The second-order valence-corrected chi connectivity index (χ2v) is 9.39. The zero-order valence-electron chi connectivity index (χ0n) is 17.6. The van der Waals surface area contributed by atoms with Crippen molar-refractivity contribution in [2.24, 2.45) is 0 Å². The molecule has 1 aromatic heterocycles. The molecule has 158 valence electrons. The summed E-state index contributed by atoms with van der Waals surface area (Å²) in [6.07, 6.45) is 1.91. The van der Waals surface area contributed by atoms with Gasteiger partial charge in [-0.05, 0) is 42.7 Å². The molecule has 4 rings (SSSR count). The van der Waals surface area contributed by atoms with Crippen LogP contribution in [0.15, 0.2) is 90.0 Å². The second kappa shape index (κ2) is 8.88. The fourth-order valence-electron chi connectivity index (χ4n) is 3.42. The molecule has 0 saturated heterocycles. The summed E-state index contributed by atoms with van der Waals surface area (Å²) >= 11 is 0. The fourth-order valence-corrected chi connectivity index (χ4v) is 4.51. The van der Waals surface area contributed by atoms with Crippen molar-refractivity contribution in [1.82, 2.24) is 14.5 Å². The van der Waals surface area contributed by atoms with E-state index in [1.54, 1.807) is 12.1 Å². The third-order valence-corrected chi connectivity index (χ3v) is 6.71. The molecule has 0 aliphatic carbocycles. The Labute approximate surface area is 183 Å². The average Bonchev–Trinajstić information content (AvgIpc) is 3.18. The Hall–Kier alpha value is -3.22. The van der Waals surface area contributed by atoms with Crippen molar-refractivity contribution in [3.63, 3.8) is 0 Å². The molecule has 5 nitrogen and oxygen atoms in total. The van der Waals surface area contributed by atoms with Crippen molar-refractivity contribution in [2.45, 2.75) is 31.8 Å². The van der Waals surface area contributed by atoms with Gasteiger partial charge in [0.1, 0.15) is 0 Å². The molecule has 0 radical (unpaired) electrons. The van der Waals surface area contributed by atoms with Crippen LogP contribution in [0, 0.1) is 13.8 Å². The molecule has 3 aromatic carbocycles. The van der Waals surface area contributed by atoms with Gasteiger partial charge >= 0.3 is 0 Å². The Morgan fingerprint density at radius 1 is 0.871 bits per heavy atom. The summed E-state index contributed by atoms with van der Waals surface area (Å²) in [6.45, 7) is 4.65. The zero-order chi connectivity index (χ0) is 21.8. The van der Waals surface area contributed by atoms with Crippen LogP contribution in [-0.4, -0.2) is 18.2 Å². The molecule has 0 fully saturated rings. The molecule has 6 heteroatoms. The minimum Gasteiger partial charge on any atom is -0.267 e. The molecule has 0 bridgehead atoms. The molecule has 0 saturated carbocycles. The van der Waals surface area contributed by atoms with Gasteiger partial charge in [0.2, 0.25) is 10.0 Å². The maximum atomic E-state index is 12.9. The van der Waals surface area contributed by atoms with Crippen molar-refractivity contribution >= 4 is 10.0 Å². The van der Waals surface area contributed by atoms with Crippen LogP contribution in [0.1, 0.15) is 22.3 Å². The monoisotopic (exact) mass is 431 g/mol. The van der Waals surface area contributed by atoms with Crippen LogP contribution in [-0.2, 0) is 23.1 Å². The standard InChI is InChI=1S/C25H25N3O2S/c1-19-13-14-24(15-20(19)2)31(29,30)26-16-23-18-28(17-21-9-5-3-6-10-21)27-25(23)22-11-7-4-8-12-22/h3-15,18,26H,16-17H2,1-2H3. The third kappa shape index (κ3) is 4.93. The summed E-state index contributed by atoms with van der Waals surface area (Å²) in [5.41, 5.74) is 5.70. The summed E-state index contributed by atoms with van der Waals surface area (Å²) in [6, 6.07) is 25.1. The predicted octanol–water partition coefficient (Wildman–Crippen LogP) is 4.69. The molecule has 0 spiro atoms. The van der Waals surface area contributed by atoms with Crippen molar-refractivity contribution < 1.29 is 8.42 Å². The largest absolute Gasteiger partial charge is 0.267 e. The zero-order valence-corrected chi connectivity index (χ0v) is 18.4. The third-order valence-electron chi connectivity index (χ3n) is 5.31. The summed E-state index contributed by atoms with van der Waals surface area (Å²) < 4.78 is 30.4. The highest BCUT2D eigenvalue weighted by Crippen LogP contribution is 2.23. The fraction of sp³-hybridized carbons (Fsp3) is 0.160. The summed E-state index contributed by atoms with van der Waals surface area (Å²) in [7, 11) is -3.63. The molecule has 0 aliphatic rings. The van der Waals surface area contributed by atoms with E-state index < -0.39 is 10.0 Å². The van der Waals surface area contributed by atoms with E-state index in [1.807, 2.05) is 91.5 Å². The van der Waals surface area contributed by atoms with E-state index in [2.05, 4.69) is 4.72 Å². The maximum Gasteiger partial charge on any atom is 0.240 e. The number of hydrogen-bond donors (Lipinski definition) is 1. The molecular weight excluding hydrogens is 406 g/mol. The summed E-state index contributed by atoms with van der Waals surface area (Å²) in [4.78, 5) is 0.272. The Kier molecular flexibility index (Phi) is 6.02. The van der Waals surface area contributed by atoms with Crippen LogP contribution >= 0.6 is 0 Å². The van der Waals surface area contributed by atoms with E-state index in [4.69, 9.17) is 5.10 Å². The number of benzene rings is 3. The van der Waals surface area contributed by atoms with Gasteiger partial charge < -0.3 is 0 Å². The lowest BCUT2D eigenvalue weighted by Gasteiger charge is -2.09. The maximum absolute atomic E-state index is 12.9. The normalized spacial score (nSPS) is 11.5. The first-order valence-electron chi connectivity index (χ1n) is 10.1. The van der Waals surface area contributed by atoms with Gasteiger partial charge in [0, 0.05) is 23.9 Å². The van der Waals surface area contributed by atoms with Gasteiger partial charge in [-0.1, -0.05) is 66.7 Å². The summed E-state index contributed by atoms with van der Waals surface area (Å²) in [5, 5.41) is 4.76. The highest BCUT2D eigenvalue weighted by atomic mass is 32.2. The molecule has 0 amide bonds. The SMILES string of the molecule is Cc1ccc(S(=O)(=O)NCc2cn(Cc3ccccc3)nc2-c2ccccc2)cc1C. The lowest BCUT2D eigenvalue weighted by atomic mass is 10.1. The van der Waals surface area contributed by atoms with E-state index in [1.165, 1.54) is 0 Å². The van der Waals surface area contributed by atoms with E-state index in [9.17, 15) is 8.42 Å². The lowest BCUT2D eigenvalue weighted by molar-refractivity contribution is 0.581. The van der Waals surface area contributed by atoms with Crippen LogP contribution in [0.5, 0.6) is 0 Å². The van der Waals surface area contributed by atoms with Gasteiger partial charge in [0.05, 0.1) is 17.1 Å². The Bertz CT molecular complexity index is 1280. The van der Waals surface area contributed by atoms with Crippen molar-refractivity contribution in [1.29, 1.82) is 0 Å². The van der Waals surface area contributed by atoms with Crippen molar-refractivity contribution in [2.75, 3.05) is 0 Å². The molecule has 0 unspecified atom stereocenters. The first-order valence-corrected chi connectivity index (χ1v) is 11.6. The van der Waals surface area contributed by atoms with Gasteiger partial charge in [-0.2, -0.15) is 5.10 Å². The smallest absolute Gasteiger partial charge is 0.240 e. The average molecular weight is 432 g/mol. The van der Waals surface area contributed by atoms with Crippen LogP contribution in [0.2, 0.25) is 0 Å². The quantitative estimate of drug-likeness (QED) is 0.462. The number of sulfonamides is 1. The van der Waals surface area contributed by atoms with E-state index in [0.717, 1.165) is 33.5 Å². The van der Waals surface area contributed by atoms with Crippen molar-refractivity contribution in [3.8, 4) is 11.3 Å². The molecule has 0 aliphatic heterocycles. The Morgan fingerprint density at radius 2 is 1.55 bits per heavy atom. The first-order chi connectivity index (χ1) is 14.9. The van der Waals surface area contributed by atoms with E-state index in [-0.39, 0.29) is 11.4 Å². The number of nitrogens with zero attached hydrogens (tertiary/aromatic N) is 2. The number of aryl methyl sites for hydroxylation is 2. The predicted molar refractivity (Wildman–Crippen MR) is 123 cm³/mol. The Balaban J connectivity index is 1.62. The van der Waals surface area contributed by atoms with E-state index >= 15 is 0 Å². The van der Waals surface area contributed by atoms with Crippen LogP contribution < -0.4 is 4.72 Å². The Morgan fingerprint density at radius 3 is 2.23 bits per heavy atom. The minimum absolute atomic E-state index is 0.161. The number of nitrogens with one attached hydrogen (secondary N) is 1. The number of aromatic nitrogens is 2. The van der Waals surface area contributed by atoms with Gasteiger partial charge in [-0.3, -0.25) is 4.68 Å². The van der Waals surface area contributed by atoms with Gasteiger partial charge in [0.25, 0.3) is 0 Å². The van der Waals surface area contributed by atoms with Crippen molar-refractivity contribution in [3.05, 3.63) is 107 Å². The highest BCUT2D eigenvalue weighted by molar-refractivity contribution is 7.89. The summed E-state index contributed by atoms with van der Waals surface area (Å²) in [5.74, 6) is 0. The molecule has 4 aromatic rings. The number of hydrogen-bond acceptors (Lipinski definition) is 3. The van der Waals surface area contributed by atoms with Gasteiger partial charge in [0.15, 0.2) is 0 Å². The van der Waals surface area contributed by atoms with Crippen LogP contribution in [0.4, 0.5) is 0 Å². The van der Waals surface area contributed by atoms with E-state index in [0.29, 0.717) is 6.54 Å². The second-order valence-electron chi connectivity index (χ2n) is 7.62.